The second-order valence-electron chi connectivity index (χ2n) is 5.09. The van der Waals surface area contributed by atoms with Gasteiger partial charge in [-0.15, -0.1) is 0 Å². The monoisotopic (exact) mass is 283 g/mol. The number of aryl methyl sites for hydroxylation is 1. The van der Waals surface area contributed by atoms with Crippen LogP contribution in [0.2, 0.25) is 0 Å². The lowest BCUT2D eigenvalue weighted by molar-refractivity contribution is 0.595. The quantitative estimate of drug-likeness (QED) is 0.782. The van der Waals surface area contributed by atoms with Crippen LogP contribution in [0.15, 0.2) is 48.5 Å². The van der Waals surface area contributed by atoms with Crippen LogP contribution in [-0.4, -0.2) is 16.1 Å². The summed E-state index contributed by atoms with van der Waals surface area (Å²) in [5.74, 6) is 0.782. The summed E-state index contributed by atoms with van der Waals surface area (Å²) in [6, 6.07) is 14.8. The third-order valence-corrected chi connectivity index (χ3v) is 3.62. The second-order valence-corrected chi connectivity index (χ2v) is 5.09. The van der Waals surface area contributed by atoms with Crippen LogP contribution in [0.5, 0.6) is 0 Å². The predicted octanol–water partition coefficient (Wildman–Crippen LogP) is 3.12. The molecule has 3 nitrogen and oxygen atoms in total. The average Bonchev–Trinajstić information content (AvgIpc) is 2.85. The van der Waals surface area contributed by atoms with Crippen molar-refractivity contribution in [1.82, 2.24) is 9.55 Å². The molecule has 0 fully saturated rings. The zero-order valence-electron chi connectivity index (χ0n) is 11.8. The number of para-hydroxylation sites is 2. The van der Waals surface area contributed by atoms with Gasteiger partial charge in [0.05, 0.1) is 17.6 Å². The van der Waals surface area contributed by atoms with Gasteiger partial charge in [0.2, 0.25) is 0 Å². The van der Waals surface area contributed by atoms with E-state index in [2.05, 4.69) is 9.55 Å². The average molecular weight is 283 g/mol. The smallest absolute Gasteiger partial charge is 0.128 e. The third-order valence-electron chi connectivity index (χ3n) is 3.62. The first-order valence-electron chi connectivity index (χ1n) is 7.17. The van der Waals surface area contributed by atoms with Crippen molar-refractivity contribution in [3.8, 4) is 0 Å². The SMILES string of the molecule is NCCCc1nc2ccccc2n1Cc1ccccc1F. The maximum Gasteiger partial charge on any atom is 0.128 e. The van der Waals surface area contributed by atoms with Crippen LogP contribution < -0.4 is 5.73 Å². The standard InChI is InChI=1S/C17H18FN3/c18-14-7-2-1-6-13(14)12-21-16-9-4-3-8-15(16)20-17(21)10-5-11-19/h1-4,6-9H,5,10-12,19H2. The van der Waals surface area contributed by atoms with E-state index in [4.69, 9.17) is 5.73 Å². The fraction of sp³-hybridized carbons (Fsp3) is 0.235. The van der Waals surface area contributed by atoms with Gasteiger partial charge in [-0.3, -0.25) is 0 Å². The van der Waals surface area contributed by atoms with Gasteiger partial charge in [-0.1, -0.05) is 30.3 Å². The molecular weight excluding hydrogens is 265 g/mol. The van der Waals surface area contributed by atoms with Gasteiger partial charge in [0.15, 0.2) is 0 Å². The highest BCUT2D eigenvalue weighted by Crippen LogP contribution is 2.20. The number of rotatable bonds is 5. The number of halogens is 1. The van der Waals surface area contributed by atoms with Gasteiger partial charge in [0.25, 0.3) is 0 Å². The summed E-state index contributed by atoms with van der Waals surface area (Å²) in [4.78, 5) is 4.66. The topological polar surface area (TPSA) is 43.8 Å². The van der Waals surface area contributed by atoms with Crippen LogP contribution in [0, 0.1) is 5.82 Å². The normalized spacial score (nSPS) is 11.1. The van der Waals surface area contributed by atoms with Crippen LogP contribution in [-0.2, 0) is 13.0 Å². The second kappa shape index (κ2) is 6.06. The summed E-state index contributed by atoms with van der Waals surface area (Å²) in [5.41, 5.74) is 8.26. The Bertz CT molecular complexity index is 749. The highest BCUT2D eigenvalue weighted by Gasteiger charge is 2.12. The maximum absolute atomic E-state index is 13.9. The number of hydrogen-bond acceptors (Lipinski definition) is 2. The van der Waals surface area contributed by atoms with E-state index in [9.17, 15) is 4.39 Å². The molecule has 0 unspecified atom stereocenters. The van der Waals surface area contributed by atoms with Gasteiger partial charge in [0.1, 0.15) is 11.6 Å². The van der Waals surface area contributed by atoms with E-state index in [1.54, 1.807) is 6.07 Å². The highest BCUT2D eigenvalue weighted by atomic mass is 19.1. The predicted molar refractivity (Wildman–Crippen MR) is 82.6 cm³/mol. The Kier molecular flexibility index (Phi) is 3.97. The van der Waals surface area contributed by atoms with Crippen molar-refractivity contribution in [2.75, 3.05) is 6.54 Å². The Balaban J connectivity index is 2.04. The fourth-order valence-corrected chi connectivity index (χ4v) is 2.55. The molecule has 0 aliphatic heterocycles. The van der Waals surface area contributed by atoms with Crippen molar-refractivity contribution in [3.05, 3.63) is 65.7 Å². The summed E-state index contributed by atoms with van der Waals surface area (Å²) < 4.78 is 16.0. The van der Waals surface area contributed by atoms with Gasteiger partial charge < -0.3 is 10.3 Å². The molecule has 0 aliphatic rings. The first-order chi connectivity index (χ1) is 10.3. The van der Waals surface area contributed by atoms with Crippen molar-refractivity contribution in [2.45, 2.75) is 19.4 Å². The number of nitrogens with two attached hydrogens (primary N) is 1. The molecule has 108 valence electrons. The molecule has 1 heterocycles. The molecule has 2 N–H and O–H groups in total. The first kappa shape index (κ1) is 13.8. The summed E-state index contributed by atoms with van der Waals surface area (Å²) >= 11 is 0. The molecule has 0 spiro atoms. The van der Waals surface area contributed by atoms with Crippen LogP contribution >= 0.6 is 0 Å². The molecule has 21 heavy (non-hydrogen) atoms. The van der Waals surface area contributed by atoms with E-state index >= 15 is 0 Å². The highest BCUT2D eigenvalue weighted by molar-refractivity contribution is 5.76. The Morgan fingerprint density at radius 3 is 2.62 bits per heavy atom. The fourth-order valence-electron chi connectivity index (χ4n) is 2.55. The van der Waals surface area contributed by atoms with Gasteiger partial charge in [-0.25, -0.2) is 9.37 Å². The van der Waals surface area contributed by atoms with E-state index in [-0.39, 0.29) is 5.82 Å². The largest absolute Gasteiger partial charge is 0.330 e. The van der Waals surface area contributed by atoms with Crippen LogP contribution in [0.25, 0.3) is 11.0 Å². The molecule has 0 saturated carbocycles. The lowest BCUT2D eigenvalue weighted by atomic mass is 10.2. The van der Waals surface area contributed by atoms with E-state index in [1.807, 2.05) is 36.4 Å². The minimum atomic E-state index is -0.181. The van der Waals surface area contributed by atoms with Gasteiger partial charge in [-0.2, -0.15) is 0 Å². The molecule has 0 bridgehead atoms. The van der Waals surface area contributed by atoms with Crippen LogP contribution in [0.4, 0.5) is 4.39 Å². The molecule has 3 rings (SSSR count). The minimum absolute atomic E-state index is 0.181. The molecule has 4 heteroatoms. The number of aromatic nitrogens is 2. The lowest BCUT2D eigenvalue weighted by Crippen LogP contribution is -2.09. The summed E-state index contributed by atoms with van der Waals surface area (Å²) in [6.07, 6.45) is 1.68. The van der Waals surface area contributed by atoms with Crippen molar-refractivity contribution < 1.29 is 4.39 Å². The number of nitrogens with zero attached hydrogens (tertiary/aromatic N) is 2. The van der Waals surface area contributed by atoms with Crippen molar-refractivity contribution in [3.63, 3.8) is 0 Å². The van der Waals surface area contributed by atoms with Gasteiger partial charge in [-0.05, 0) is 31.2 Å². The minimum Gasteiger partial charge on any atom is -0.330 e. The number of benzene rings is 2. The summed E-state index contributed by atoms with van der Waals surface area (Å²) in [7, 11) is 0. The zero-order chi connectivity index (χ0) is 14.7. The molecule has 1 aromatic heterocycles. The van der Waals surface area contributed by atoms with Crippen molar-refractivity contribution in [2.24, 2.45) is 5.73 Å². The Labute approximate surface area is 123 Å². The first-order valence-corrected chi connectivity index (χ1v) is 7.17. The molecule has 0 radical (unpaired) electrons. The van der Waals surface area contributed by atoms with Gasteiger partial charge >= 0.3 is 0 Å². The molecule has 2 aromatic carbocycles. The molecular formula is C17H18FN3. The van der Waals surface area contributed by atoms with E-state index in [0.717, 1.165) is 29.7 Å². The lowest BCUT2D eigenvalue weighted by Gasteiger charge is -2.10. The third kappa shape index (κ3) is 2.81. The number of imidazole rings is 1. The Morgan fingerprint density at radius 2 is 1.81 bits per heavy atom. The van der Waals surface area contributed by atoms with E-state index < -0.39 is 0 Å². The molecule has 3 aromatic rings. The van der Waals surface area contributed by atoms with Crippen LogP contribution in [0.1, 0.15) is 17.8 Å². The Morgan fingerprint density at radius 1 is 1.05 bits per heavy atom. The summed E-state index contributed by atoms with van der Waals surface area (Å²) in [6.45, 7) is 1.12. The zero-order valence-corrected chi connectivity index (χ0v) is 11.8. The van der Waals surface area contributed by atoms with Crippen LogP contribution in [0.3, 0.4) is 0 Å². The number of hydrogen-bond donors (Lipinski definition) is 1. The maximum atomic E-state index is 13.9. The molecule has 0 aliphatic carbocycles. The molecule has 0 atom stereocenters. The van der Waals surface area contributed by atoms with Gasteiger partial charge in [0, 0.05) is 12.0 Å². The number of fused-ring (bicyclic) bond motifs is 1. The Hall–Kier alpha value is -2.20. The summed E-state index contributed by atoms with van der Waals surface area (Å²) in [5, 5.41) is 0. The van der Waals surface area contributed by atoms with E-state index in [0.29, 0.717) is 18.7 Å². The van der Waals surface area contributed by atoms with Crippen molar-refractivity contribution >= 4 is 11.0 Å². The van der Waals surface area contributed by atoms with Crippen molar-refractivity contribution in [1.29, 1.82) is 0 Å². The van der Waals surface area contributed by atoms with E-state index in [1.165, 1.54) is 6.07 Å². The molecule has 0 amide bonds. The molecule has 0 saturated heterocycles.